The van der Waals surface area contributed by atoms with Gasteiger partial charge in [-0.3, -0.25) is 18.6 Å². The molecule has 0 fully saturated rings. The van der Waals surface area contributed by atoms with Crippen molar-refractivity contribution in [2.45, 2.75) is 154 Å². The molecule has 0 radical (unpaired) electrons. The van der Waals surface area contributed by atoms with Crippen molar-refractivity contribution >= 4 is 19.8 Å². The number of aliphatic hydroxyl groups excluding tert-OH is 2. The molecule has 0 aliphatic carbocycles. The third kappa shape index (κ3) is 39.2. The Balaban J connectivity index is 4.47. The molecular weight excluding hydrogens is 719 g/mol. The largest absolute Gasteiger partial charge is 0.472 e. The molecule has 0 aliphatic rings. The van der Waals surface area contributed by atoms with Gasteiger partial charge in [0.1, 0.15) is 12.7 Å². The van der Waals surface area contributed by atoms with Crippen LogP contribution in [-0.2, 0) is 32.7 Å². The van der Waals surface area contributed by atoms with Crippen molar-refractivity contribution in [2.24, 2.45) is 0 Å². The first-order chi connectivity index (χ1) is 26.7. The Morgan fingerprint density at radius 1 is 0.564 bits per heavy atom. The first-order valence-electron chi connectivity index (χ1n) is 20.5. The van der Waals surface area contributed by atoms with Crippen LogP contribution < -0.4 is 0 Å². The van der Waals surface area contributed by atoms with Gasteiger partial charge < -0.3 is 24.6 Å². The summed E-state index contributed by atoms with van der Waals surface area (Å²) in [6, 6.07) is 0. The molecule has 0 aromatic rings. The normalized spacial score (nSPS) is 14.8. The van der Waals surface area contributed by atoms with Crippen LogP contribution in [0.1, 0.15) is 142 Å². The van der Waals surface area contributed by atoms with Crippen molar-refractivity contribution < 1.29 is 47.8 Å². The van der Waals surface area contributed by atoms with Crippen LogP contribution in [0.3, 0.4) is 0 Å². The fraction of sp³-hybridized carbons (Fsp3) is 0.636. The second-order valence-electron chi connectivity index (χ2n) is 13.3. The molecule has 11 heteroatoms. The molecule has 0 amide bonds. The quantitative estimate of drug-likeness (QED) is 0.0240. The van der Waals surface area contributed by atoms with Crippen LogP contribution >= 0.6 is 7.82 Å². The predicted molar refractivity (Wildman–Crippen MR) is 223 cm³/mol. The molecule has 0 saturated heterocycles. The molecule has 0 heterocycles. The van der Waals surface area contributed by atoms with Gasteiger partial charge in [0.15, 0.2) is 6.10 Å². The molecule has 0 spiro atoms. The lowest BCUT2D eigenvalue weighted by atomic mass is 10.1. The second kappa shape index (κ2) is 39.4. The fourth-order valence-corrected chi connectivity index (χ4v) is 5.68. The number of aliphatic hydroxyl groups is 2. The summed E-state index contributed by atoms with van der Waals surface area (Å²) in [6.45, 7) is 2.13. The highest BCUT2D eigenvalue weighted by molar-refractivity contribution is 7.47. The molecule has 3 N–H and O–H groups in total. The van der Waals surface area contributed by atoms with Gasteiger partial charge in [-0.05, 0) is 77.0 Å². The maximum atomic E-state index is 12.6. The summed E-state index contributed by atoms with van der Waals surface area (Å²) in [5, 5.41) is 18.3. The highest BCUT2D eigenvalue weighted by Crippen LogP contribution is 2.43. The van der Waals surface area contributed by atoms with E-state index in [1.165, 1.54) is 25.7 Å². The van der Waals surface area contributed by atoms with Crippen molar-refractivity contribution in [2.75, 3.05) is 26.4 Å². The minimum Gasteiger partial charge on any atom is -0.462 e. The average molecular weight is 793 g/mol. The van der Waals surface area contributed by atoms with Crippen LogP contribution in [0.15, 0.2) is 85.1 Å². The minimum absolute atomic E-state index is 0.110. The molecule has 0 rings (SSSR count). The van der Waals surface area contributed by atoms with Crippen molar-refractivity contribution in [3.8, 4) is 0 Å². The van der Waals surface area contributed by atoms with Crippen LogP contribution in [0, 0.1) is 0 Å². The van der Waals surface area contributed by atoms with Crippen LogP contribution in [-0.4, -0.2) is 65.7 Å². The lowest BCUT2D eigenvalue weighted by Gasteiger charge is -2.20. The Labute approximate surface area is 332 Å². The summed E-state index contributed by atoms with van der Waals surface area (Å²) in [5.74, 6) is -1.04. The fourth-order valence-electron chi connectivity index (χ4n) is 4.89. The molecule has 0 aliphatic heterocycles. The van der Waals surface area contributed by atoms with Crippen molar-refractivity contribution in [1.29, 1.82) is 0 Å². The molecule has 0 aromatic carbocycles. The molecule has 10 nitrogen and oxygen atoms in total. The van der Waals surface area contributed by atoms with E-state index in [1.807, 2.05) is 12.2 Å². The van der Waals surface area contributed by atoms with Crippen molar-refractivity contribution in [3.63, 3.8) is 0 Å². The number of unbranched alkanes of at least 4 members (excludes halogenated alkanes) is 9. The highest BCUT2D eigenvalue weighted by Gasteiger charge is 2.27. The smallest absolute Gasteiger partial charge is 0.462 e. The monoisotopic (exact) mass is 792 g/mol. The van der Waals surface area contributed by atoms with Gasteiger partial charge in [0, 0.05) is 12.8 Å². The Morgan fingerprint density at radius 3 is 1.58 bits per heavy atom. The Hall–Kier alpha value is -2.85. The van der Waals surface area contributed by atoms with E-state index in [2.05, 4.69) is 91.3 Å². The lowest BCUT2D eigenvalue weighted by molar-refractivity contribution is -0.161. The van der Waals surface area contributed by atoms with Gasteiger partial charge in [-0.1, -0.05) is 137 Å². The zero-order valence-corrected chi connectivity index (χ0v) is 34.7. The third-order valence-corrected chi connectivity index (χ3v) is 9.00. The molecule has 314 valence electrons. The standard InChI is InChI=1S/C44H73O10P/c1-3-5-7-9-11-13-15-17-18-19-20-21-22-24-25-27-29-31-33-35-43(47)51-39-42(40-53-55(49,50)52-38-41(46)37-45)54-44(48)36-34-32-30-28-26-23-16-14-12-10-8-6-4-2/h5,7,11,13-14,16-18,20-21,24-25,29,31,41-42,45-46H,3-4,6,8-10,12,15,19,22-23,26-28,30,32-40H2,1-2H3,(H,49,50)/b7-5+,13-11+,16-14+,18-17+,21-20+,25-24+,31-29+/t41-,42+/m1/s1. The molecular formula is C44H73O10P. The minimum atomic E-state index is -4.64. The topological polar surface area (TPSA) is 149 Å². The highest BCUT2D eigenvalue weighted by atomic mass is 31.2. The van der Waals surface area contributed by atoms with E-state index in [0.29, 0.717) is 12.8 Å². The Bertz CT molecular complexity index is 1190. The SMILES string of the molecule is CC/C=C/C/C=C/C/C=C/C/C=C/C/C=C/C/C=C/CCC(=O)OC[C@@H](COP(=O)(O)OC[C@H](O)CO)OC(=O)CCCCCCC/C=C/CCCCCC. The lowest BCUT2D eigenvalue weighted by Crippen LogP contribution is -2.29. The van der Waals surface area contributed by atoms with Gasteiger partial charge >= 0.3 is 19.8 Å². The van der Waals surface area contributed by atoms with Crippen LogP contribution in [0.25, 0.3) is 0 Å². The van der Waals surface area contributed by atoms with E-state index in [9.17, 15) is 24.2 Å². The van der Waals surface area contributed by atoms with Gasteiger partial charge in [0.2, 0.25) is 0 Å². The number of hydrogen-bond acceptors (Lipinski definition) is 9. The first kappa shape index (κ1) is 52.2. The zero-order chi connectivity index (χ0) is 40.5. The number of phosphoric ester groups is 1. The van der Waals surface area contributed by atoms with Crippen LogP contribution in [0.2, 0.25) is 0 Å². The maximum Gasteiger partial charge on any atom is 0.472 e. The van der Waals surface area contributed by atoms with Crippen LogP contribution in [0.4, 0.5) is 0 Å². The van der Waals surface area contributed by atoms with Gasteiger partial charge in [-0.2, -0.15) is 0 Å². The predicted octanol–water partition coefficient (Wildman–Crippen LogP) is 10.7. The van der Waals surface area contributed by atoms with Gasteiger partial charge in [-0.25, -0.2) is 4.57 Å². The summed E-state index contributed by atoms with van der Waals surface area (Å²) in [7, 11) is -4.64. The summed E-state index contributed by atoms with van der Waals surface area (Å²) >= 11 is 0. The number of allylic oxidation sites excluding steroid dienone is 14. The Morgan fingerprint density at radius 2 is 1.04 bits per heavy atom. The van der Waals surface area contributed by atoms with Crippen molar-refractivity contribution in [1.82, 2.24) is 0 Å². The number of ether oxygens (including phenoxy) is 2. The molecule has 0 aromatic heterocycles. The maximum absolute atomic E-state index is 12.6. The number of rotatable bonds is 37. The van der Waals surface area contributed by atoms with Crippen LogP contribution in [0.5, 0.6) is 0 Å². The number of carbonyl (C=O) groups excluding carboxylic acids is 2. The summed E-state index contributed by atoms with van der Waals surface area (Å²) in [6.07, 6.45) is 45.6. The zero-order valence-electron chi connectivity index (χ0n) is 33.9. The first-order valence-corrected chi connectivity index (χ1v) is 22.0. The van der Waals surface area contributed by atoms with E-state index in [4.69, 9.17) is 19.1 Å². The van der Waals surface area contributed by atoms with E-state index in [1.54, 1.807) is 0 Å². The molecule has 55 heavy (non-hydrogen) atoms. The number of esters is 2. The molecule has 0 saturated carbocycles. The summed E-state index contributed by atoms with van der Waals surface area (Å²) in [4.78, 5) is 34.9. The van der Waals surface area contributed by atoms with E-state index < -0.39 is 51.8 Å². The molecule has 1 unspecified atom stereocenters. The summed E-state index contributed by atoms with van der Waals surface area (Å²) in [5.41, 5.74) is 0. The third-order valence-electron chi connectivity index (χ3n) is 8.05. The van der Waals surface area contributed by atoms with Crippen molar-refractivity contribution in [3.05, 3.63) is 85.1 Å². The summed E-state index contributed by atoms with van der Waals surface area (Å²) < 4.78 is 32.5. The van der Waals surface area contributed by atoms with Gasteiger partial charge in [-0.15, -0.1) is 0 Å². The number of hydrogen-bond donors (Lipinski definition) is 3. The van der Waals surface area contributed by atoms with E-state index in [-0.39, 0.29) is 19.4 Å². The van der Waals surface area contributed by atoms with Gasteiger partial charge in [0.25, 0.3) is 0 Å². The van der Waals surface area contributed by atoms with E-state index in [0.717, 1.165) is 77.0 Å². The number of phosphoric acid groups is 1. The molecule has 3 atom stereocenters. The Kier molecular flexibility index (Phi) is 37.3. The average Bonchev–Trinajstić information content (AvgIpc) is 3.17. The second-order valence-corrected chi connectivity index (χ2v) is 14.7. The van der Waals surface area contributed by atoms with Gasteiger partial charge in [0.05, 0.1) is 19.8 Å². The molecule has 0 bridgehead atoms. The number of carbonyl (C=O) groups is 2. The van der Waals surface area contributed by atoms with E-state index >= 15 is 0 Å².